The van der Waals surface area contributed by atoms with Crippen LogP contribution in [0.3, 0.4) is 0 Å². The van der Waals surface area contributed by atoms with Gasteiger partial charge in [-0.15, -0.1) is 0 Å². The zero-order valence-electron chi connectivity index (χ0n) is 14.0. The molecule has 0 radical (unpaired) electrons. The number of urea groups is 1. The van der Waals surface area contributed by atoms with Crippen molar-refractivity contribution in [3.8, 4) is 11.5 Å². The van der Waals surface area contributed by atoms with Gasteiger partial charge in [0, 0.05) is 42.3 Å². The van der Waals surface area contributed by atoms with Gasteiger partial charge in [0.1, 0.15) is 11.5 Å². The minimum Gasteiger partial charge on any atom is -0.493 e. The number of amides is 2. The fraction of sp³-hybridized carbons (Fsp3) is 0.368. The highest BCUT2D eigenvalue weighted by Crippen LogP contribution is 2.40. The Hall–Kier alpha value is -2.76. The van der Waals surface area contributed by atoms with Crippen molar-refractivity contribution in [3.63, 3.8) is 0 Å². The number of aromatic nitrogens is 1. The number of fused-ring (bicyclic) bond motifs is 2. The highest BCUT2D eigenvalue weighted by molar-refractivity contribution is 5.73. The van der Waals surface area contributed by atoms with Crippen LogP contribution < -0.4 is 20.1 Å². The van der Waals surface area contributed by atoms with Gasteiger partial charge < -0.3 is 20.1 Å². The first-order chi connectivity index (χ1) is 12.3. The molecule has 2 aromatic rings. The van der Waals surface area contributed by atoms with E-state index in [1.165, 1.54) is 16.7 Å². The van der Waals surface area contributed by atoms with Crippen LogP contribution in [0.2, 0.25) is 0 Å². The van der Waals surface area contributed by atoms with Crippen molar-refractivity contribution in [2.45, 2.75) is 25.8 Å². The van der Waals surface area contributed by atoms with Crippen LogP contribution in [-0.4, -0.2) is 30.8 Å². The molecule has 2 aliphatic heterocycles. The maximum Gasteiger partial charge on any atom is 0.315 e. The molecule has 4 rings (SSSR count). The number of hydrogen-bond acceptors (Lipinski definition) is 4. The van der Waals surface area contributed by atoms with Crippen LogP contribution in [0.25, 0.3) is 0 Å². The Morgan fingerprint density at radius 3 is 2.96 bits per heavy atom. The fourth-order valence-electron chi connectivity index (χ4n) is 3.39. The lowest BCUT2D eigenvalue weighted by molar-refractivity contribution is 0.240. The average molecular weight is 339 g/mol. The molecule has 1 aromatic carbocycles. The largest absolute Gasteiger partial charge is 0.493 e. The van der Waals surface area contributed by atoms with E-state index in [0.717, 1.165) is 49.7 Å². The second-order valence-electron chi connectivity index (χ2n) is 6.20. The van der Waals surface area contributed by atoms with Gasteiger partial charge in [-0.3, -0.25) is 4.98 Å². The van der Waals surface area contributed by atoms with Crippen molar-refractivity contribution in [3.05, 3.63) is 52.8 Å². The lowest BCUT2D eigenvalue weighted by Gasteiger charge is -2.13. The first kappa shape index (κ1) is 15.7. The van der Waals surface area contributed by atoms with Gasteiger partial charge >= 0.3 is 6.03 Å². The summed E-state index contributed by atoms with van der Waals surface area (Å²) in [7, 11) is 0. The number of benzene rings is 1. The van der Waals surface area contributed by atoms with Crippen LogP contribution in [0.15, 0.2) is 30.5 Å². The van der Waals surface area contributed by atoms with Gasteiger partial charge in [0.05, 0.1) is 25.5 Å². The molecule has 0 fully saturated rings. The Kier molecular flexibility index (Phi) is 4.41. The third kappa shape index (κ3) is 3.38. The fourth-order valence-corrected chi connectivity index (χ4v) is 3.39. The molecule has 0 bridgehead atoms. The van der Waals surface area contributed by atoms with Crippen LogP contribution in [0, 0.1) is 0 Å². The van der Waals surface area contributed by atoms with Crippen LogP contribution in [0.1, 0.15) is 22.4 Å². The molecule has 0 aliphatic carbocycles. The summed E-state index contributed by atoms with van der Waals surface area (Å²) in [5.41, 5.74) is 4.47. The minimum absolute atomic E-state index is 0.188. The molecule has 3 heterocycles. The van der Waals surface area contributed by atoms with Crippen LogP contribution >= 0.6 is 0 Å². The van der Waals surface area contributed by atoms with E-state index in [0.29, 0.717) is 13.1 Å². The quantitative estimate of drug-likeness (QED) is 0.874. The molecule has 0 unspecified atom stereocenters. The molecule has 2 amide bonds. The number of ether oxygens (including phenoxy) is 2. The number of rotatable bonds is 5. The van der Waals surface area contributed by atoms with E-state index in [2.05, 4.69) is 21.7 Å². The predicted octanol–water partition coefficient (Wildman–Crippen LogP) is 1.99. The molecule has 6 heteroatoms. The van der Waals surface area contributed by atoms with Crippen molar-refractivity contribution in [2.75, 3.05) is 19.8 Å². The summed E-state index contributed by atoms with van der Waals surface area (Å²) in [5, 5.41) is 5.73. The minimum atomic E-state index is -0.188. The van der Waals surface area contributed by atoms with Crippen LogP contribution in [0.4, 0.5) is 4.79 Å². The first-order valence-electron chi connectivity index (χ1n) is 8.66. The number of carbonyl (C=O) groups excluding carboxylic acids is 1. The molecular weight excluding hydrogens is 318 g/mol. The standard InChI is InChI=1S/C19H21N3O3/c23-19(22-12-14-3-1-2-7-20-14)21-8-4-16-15-6-10-24-17(15)11-13-5-9-25-18(13)16/h1-3,7,11H,4-6,8-10,12H2,(H2,21,22,23). The van der Waals surface area contributed by atoms with Gasteiger partial charge in [-0.1, -0.05) is 6.07 Å². The molecule has 0 spiro atoms. The highest BCUT2D eigenvalue weighted by atomic mass is 16.5. The zero-order valence-corrected chi connectivity index (χ0v) is 14.0. The normalized spacial score (nSPS) is 14.2. The molecule has 0 saturated carbocycles. The van der Waals surface area contributed by atoms with Gasteiger partial charge in [0.15, 0.2) is 0 Å². The highest BCUT2D eigenvalue weighted by Gasteiger charge is 2.26. The van der Waals surface area contributed by atoms with Gasteiger partial charge in [-0.05, 0) is 24.6 Å². The van der Waals surface area contributed by atoms with Crippen molar-refractivity contribution in [1.82, 2.24) is 15.6 Å². The summed E-state index contributed by atoms with van der Waals surface area (Å²) in [6.45, 7) is 2.42. The molecule has 1 aromatic heterocycles. The Labute approximate surface area is 146 Å². The number of carbonyl (C=O) groups is 1. The molecular formula is C19H21N3O3. The second kappa shape index (κ2) is 7.01. The number of nitrogens with one attached hydrogen (secondary N) is 2. The van der Waals surface area contributed by atoms with Gasteiger partial charge in [0.2, 0.25) is 0 Å². The Morgan fingerprint density at radius 2 is 2.08 bits per heavy atom. The van der Waals surface area contributed by atoms with Crippen LogP contribution in [-0.2, 0) is 25.8 Å². The number of nitrogens with zero attached hydrogens (tertiary/aromatic N) is 1. The first-order valence-corrected chi connectivity index (χ1v) is 8.66. The monoisotopic (exact) mass is 339 g/mol. The van der Waals surface area contributed by atoms with E-state index >= 15 is 0 Å². The summed E-state index contributed by atoms with van der Waals surface area (Å²) < 4.78 is 11.5. The predicted molar refractivity (Wildman–Crippen MR) is 93.0 cm³/mol. The second-order valence-corrected chi connectivity index (χ2v) is 6.20. The van der Waals surface area contributed by atoms with E-state index in [9.17, 15) is 4.79 Å². The SMILES string of the molecule is O=C(NCCc1c2c(cc3c1OCC3)OCC2)NCc1ccccn1. The average Bonchev–Trinajstić information content (AvgIpc) is 3.29. The van der Waals surface area contributed by atoms with Crippen molar-refractivity contribution in [2.24, 2.45) is 0 Å². The van der Waals surface area contributed by atoms with Crippen molar-refractivity contribution >= 4 is 6.03 Å². The molecule has 130 valence electrons. The van der Waals surface area contributed by atoms with Gasteiger partial charge in [-0.2, -0.15) is 0 Å². The maximum absolute atomic E-state index is 12.0. The zero-order chi connectivity index (χ0) is 17.1. The van der Waals surface area contributed by atoms with Crippen molar-refractivity contribution in [1.29, 1.82) is 0 Å². The molecule has 6 nitrogen and oxygen atoms in total. The lowest BCUT2D eigenvalue weighted by Crippen LogP contribution is -2.36. The van der Waals surface area contributed by atoms with Crippen molar-refractivity contribution < 1.29 is 14.3 Å². The summed E-state index contributed by atoms with van der Waals surface area (Å²) >= 11 is 0. The molecule has 25 heavy (non-hydrogen) atoms. The summed E-state index contributed by atoms with van der Waals surface area (Å²) in [6.07, 6.45) is 4.30. The van der Waals surface area contributed by atoms with Gasteiger partial charge in [0.25, 0.3) is 0 Å². The lowest BCUT2D eigenvalue weighted by atomic mass is 9.97. The molecule has 0 atom stereocenters. The van der Waals surface area contributed by atoms with Gasteiger partial charge in [-0.25, -0.2) is 4.79 Å². The van der Waals surface area contributed by atoms with E-state index < -0.39 is 0 Å². The van der Waals surface area contributed by atoms with E-state index in [1.54, 1.807) is 6.20 Å². The summed E-state index contributed by atoms with van der Waals surface area (Å²) in [6, 6.07) is 7.56. The smallest absolute Gasteiger partial charge is 0.315 e. The van der Waals surface area contributed by atoms with E-state index in [-0.39, 0.29) is 6.03 Å². The third-order valence-electron chi connectivity index (χ3n) is 4.58. The van der Waals surface area contributed by atoms with E-state index in [4.69, 9.17) is 9.47 Å². The molecule has 2 N–H and O–H groups in total. The molecule has 0 saturated heterocycles. The number of pyridine rings is 1. The Balaban J connectivity index is 1.34. The number of hydrogen-bond donors (Lipinski definition) is 2. The topological polar surface area (TPSA) is 72.5 Å². The summed E-state index contributed by atoms with van der Waals surface area (Å²) in [4.78, 5) is 16.2. The Morgan fingerprint density at radius 1 is 1.16 bits per heavy atom. The molecule has 2 aliphatic rings. The van der Waals surface area contributed by atoms with E-state index in [1.807, 2.05) is 18.2 Å². The van der Waals surface area contributed by atoms with Crippen LogP contribution in [0.5, 0.6) is 11.5 Å². The Bertz CT molecular complexity index is 745. The maximum atomic E-state index is 12.0. The third-order valence-corrected chi connectivity index (χ3v) is 4.58. The summed E-state index contributed by atoms with van der Waals surface area (Å²) in [5.74, 6) is 1.98.